The van der Waals surface area contributed by atoms with E-state index in [9.17, 15) is 5.26 Å². The lowest BCUT2D eigenvalue weighted by atomic mass is 9.82. The normalized spacial score (nSPS) is 18.8. The van der Waals surface area contributed by atoms with E-state index in [0.29, 0.717) is 17.6 Å². The van der Waals surface area contributed by atoms with Gasteiger partial charge in [0.25, 0.3) is 0 Å². The van der Waals surface area contributed by atoms with Crippen LogP contribution in [0.3, 0.4) is 0 Å². The van der Waals surface area contributed by atoms with Crippen molar-refractivity contribution in [1.82, 2.24) is 15.0 Å². The molecule has 4 rings (SSSR count). The van der Waals surface area contributed by atoms with Gasteiger partial charge in [-0.05, 0) is 43.2 Å². The van der Waals surface area contributed by atoms with E-state index in [1.54, 1.807) is 12.4 Å². The molecule has 5 N–H and O–H groups in total. The first-order chi connectivity index (χ1) is 16.0. The zero-order valence-corrected chi connectivity index (χ0v) is 19.3. The van der Waals surface area contributed by atoms with Gasteiger partial charge in [-0.25, -0.2) is 10.8 Å². The summed E-state index contributed by atoms with van der Waals surface area (Å²) in [7, 11) is 1.99. The predicted octanol–water partition coefficient (Wildman–Crippen LogP) is 3.51. The van der Waals surface area contributed by atoms with E-state index < -0.39 is 5.54 Å². The molecule has 2 aliphatic rings. The summed E-state index contributed by atoms with van der Waals surface area (Å²) >= 11 is 0. The molecule has 8 nitrogen and oxygen atoms in total. The summed E-state index contributed by atoms with van der Waals surface area (Å²) in [4.78, 5) is 11.3. The Morgan fingerprint density at radius 3 is 2.64 bits per heavy atom. The Morgan fingerprint density at radius 2 is 1.97 bits per heavy atom. The van der Waals surface area contributed by atoms with Crippen molar-refractivity contribution in [2.75, 3.05) is 17.3 Å². The topological polar surface area (TPSA) is 120 Å². The first-order valence-electron chi connectivity index (χ1n) is 11.8. The predicted molar refractivity (Wildman–Crippen MR) is 130 cm³/mol. The molecule has 8 heteroatoms. The SMILES string of the molecule is CN(Cc1ccccc1)c1nccc(NC(/C(N)=C/N(N)C2(C#N)CC2)C2CCCCC2)n1. The third kappa shape index (κ3) is 5.55. The minimum Gasteiger partial charge on any atom is -0.399 e. The molecular weight excluding hydrogens is 412 g/mol. The van der Waals surface area contributed by atoms with Crippen molar-refractivity contribution < 1.29 is 0 Å². The Hall–Kier alpha value is -3.31. The third-order valence-electron chi connectivity index (χ3n) is 6.74. The maximum Gasteiger partial charge on any atom is 0.227 e. The highest BCUT2D eigenvalue weighted by Crippen LogP contribution is 2.40. The number of anilines is 2. The number of hydrogen-bond acceptors (Lipinski definition) is 8. The lowest BCUT2D eigenvalue weighted by Gasteiger charge is -2.33. The van der Waals surface area contributed by atoms with Crippen LogP contribution in [0.1, 0.15) is 50.5 Å². The van der Waals surface area contributed by atoms with Crippen LogP contribution in [0.25, 0.3) is 0 Å². The van der Waals surface area contributed by atoms with E-state index in [4.69, 9.17) is 16.6 Å². The van der Waals surface area contributed by atoms with E-state index in [0.717, 1.165) is 38.0 Å². The zero-order valence-electron chi connectivity index (χ0n) is 19.3. The van der Waals surface area contributed by atoms with Gasteiger partial charge in [-0.15, -0.1) is 0 Å². The van der Waals surface area contributed by atoms with Crippen molar-refractivity contribution in [3.05, 3.63) is 60.1 Å². The molecule has 0 bridgehead atoms. The second-order valence-corrected chi connectivity index (χ2v) is 9.28. The van der Waals surface area contributed by atoms with Crippen LogP contribution in [0.2, 0.25) is 0 Å². The number of nitriles is 1. The molecule has 0 amide bonds. The van der Waals surface area contributed by atoms with Crippen molar-refractivity contribution in [2.24, 2.45) is 17.5 Å². The van der Waals surface area contributed by atoms with Crippen molar-refractivity contribution >= 4 is 11.8 Å². The van der Waals surface area contributed by atoms with Gasteiger partial charge in [0.2, 0.25) is 5.95 Å². The number of aromatic nitrogens is 2. The van der Waals surface area contributed by atoms with Crippen LogP contribution < -0.4 is 21.8 Å². The molecule has 0 radical (unpaired) electrons. The fourth-order valence-electron chi connectivity index (χ4n) is 4.55. The Labute approximate surface area is 196 Å². The summed E-state index contributed by atoms with van der Waals surface area (Å²) in [6.45, 7) is 0.719. The highest BCUT2D eigenvalue weighted by Gasteiger charge is 2.47. The van der Waals surface area contributed by atoms with Gasteiger partial charge in [0.05, 0.1) is 12.1 Å². The van der Waals surface area contributed by atoms with Crippen LogP contribution >= 0.6 is 0 Å². The molecule has 1 aromatic carbocycles. The summed E-state index contributed by atoms with van der Waals surface area (Å²) in [6, 6.07) is 14.4. The first kappa shape index (κ1) is 22.9. The Morgan fingerprint density at radius 1 is 1.24 bits per heavy atom. The third-order valence-corrected chi connectivity index (χ3v) is 6.74. The van der Waals surface area contributed by atoms with Gasteiger partial charge >= 0.3 is 0 Å². The van der Waals surface area contributed by atoms with E-state index in [1.165, 1.54) is 29.8 Å². The molecule has 1 unspecified atom stereocenters. The molecule has 2 aromatic rings. The number of nitrogens with zero attached hydrogens (tertiary/aromatic N) is 5. The fourth-order valence-corrected chi connectivity index (χ4v) is 4.55. The molecule has 174 valence electrons. The fraction of sp³-hybridized carbons (Fsp3) is 0.480. The van der Waals surface area contributed by atoms with Gasteiger partial charge in [0, 0.05) is 31.7 Å². The van der Waals surface area contributed by atoms with Crippen molar-refractivity contribution in [1.29, 1.82) is 5.26 Å². The molecule has 2 saturated carbocycles. The molecule has 2 aliphatic carbocycles. The van der Waals surface area contributed by atoms with Crippen LogP contribution in [-0.2, 0) is 6.54 Å². The smallest absolute Gasteiger partial charge is 0.227 e. The lowest BCUT2D eigenvalue weighted by molar-refractivity contribution is 0.304. The average Bonchev–Trinajstić information content (AvgIpc) is 3.65. The molecule has 1 aromatic heterocycles. The van der Waals surface area contributed by atoms with Crippen LogP contribution in [0, 0.1) is 17.2 Å². The van der Waals surface area contributed by atoms with Crippen LogP contribution in [0.15, 0.2) is 54.5 Å². The molecule has 1 atom stereocenters. The van der Waals surface area contributed by atoms with Gasteiger partial charge in [-0.2, -0.15) is 10.2 Å². The highest BCUT2D eigenvalue weighted by atomic mass is 15.5. The number of hydrazine groups is 1. The largest absolute Gasteiger partial charge is 0.399 e. The monoisotopic (exact) mass is 446 g/mol. The van der Waals surface area contributed by atoms with Gasteiger partial charge in [-0.1, -0.05) is 49.6 Å². The standard InChI is InChI=1S/C25H34N8/c1-32(16-19-8-4-2-5-9-19)24-29-15-12-22(31-24)30-23(20-10-6-3-7-11-20)21(27)17-33(28)25(18-26)13-14-25/h2,4-5,8-9,12,15,17,20,23H,3,6-7,10-11,13-14,16,27-28H2,1H3,(H,29,30,31)/b21-17-. The second kappa shape index (κ2) is 10.1. The molecule has 0 saturated heterocycles. The number of benzene rings is 1. The Bertz CT molecular complexity index is 989. The van der Waals surface area contributed by atoms with Gasteiger partial charge in [0.1, 0.15) is 11.4 Å². The van der Waals surface area contributed by atoms with Crippen LogP contribution in [0.4, 0.5) is 11.8 Å². The summed E-state index contributed by atoms with van der Waals surface area (Å²) < 4.78 is 0. The summed E-state index contributed by atoms with van der Waals surface area (Å²) in [5.74, 6) is 7.99. The molecule has 0 spiro atoms. The van der Waals surface area contributed by atoms with E-state index in [-0.39, 0.29) is 6.04 Å². The second-order valence-electron chi connectivity index (χ2n) is 9.28. The zero-order chi connectivity index (χ0) is 23.3. The van der Waals surface area contributed by atoms with Crippen molar-refractivity contribution in [2.45, 2.75) is 63.1 Å². The summed E-state index contributed by atoms with van der Waals surface area (Å²) in [5.41, 5.74) is 7.82. The quantitative estimate of drug-likeness (QED) is 0.395. The summed E-state index contributed by atoms with van der Waals surface area (Å²) in [5, 5.41) is 14.5. The maximum atomic E-state index is 9.47. The van der Waals surface area contributed by atoms with Crippen LogP contribution in [-0.4, -0.2) is 33.6 Å². The van der Waals surface area contributed by atoms with Crippen molar-refractivity contribution in [3.8, 4) is 6.07 Å². The number of nitrogens with one attached hydrogen (secondary N) is 1. The molecule has 2 fully saturated rings. The Balaban J connectivity index is 1.52. The summed E-state index contributed by atoms with van der Waals surface area (Å²) in [6.07, 6.45) is 10.9. The maximum absolute atomic E-state index is 9.47. The van der Waals surface area contributed by atoms with Gasteiger partial charge in [0.15, 0.2) is 0 Å². The molecular formula is C25H34N8. The number of rotatable bonds is 9. The molecule has 0 aliphatic heterocycles. The molecule has 1 heterocycles. The Kier molecular flexibility index (Phi) is 6.99. The minimum absolute atomic E-state index is 0.104. The first-order valence-corrected chi connectivity index (χ1v) is 11.8. The van der Waals surface area contributed by atoms with E-state index in [1.807, 2.05) is 36.2 Å². The lowest BCUT2D eigenvalue weighted by Crippen LogP contribution is -2.42. The average molecular weight is 447 g/mol. The van der Waals surface area contributed by atoms with E-state index in [2.05, 4.69) is 28.5 Å². The van der Waals surface area contributed by atoms with E-state index >= 15 is 0 Å². The number of nitrogens with two attached hydrogens (primary N) is 2. The van der Waals surface area contributed by atoms with Gasteiger partial charge in [-0.3, -0.25) is 5.01 Å². The minimum atomic E-state index is -0.607. The van der Waals surface area contributed by atoms with Crippen LogP contribution in [0.5, 0.6) is 0 Å². The molecule has 33 heavy (non-hydrogen) atoms. The highest BCUT2D eigenvalue weighted by molar-refractivity contribution is 5.44. The van der Waals surface area contributed by atoms with Crippen molar-refractivity contribution in [3.63, 3.8) is 0 Å². The number of hydrogen-bond donors (Lipinski definition) is 3. The van der Waals surface area contributed by atoms with Gasteiger partial charge < -0.3 is 16.0 Å².